The van der Waals surface area contributed by atoms with E-state index in [-0.39, 0.29) is 17.8 Å². The summed E-state index contributed by atoms with van der Waals surface area (Å²) in [4.78, 5) is 27.6. The molecule has 1 aliphatic heterocycles. The van der Waals surface area contributed by atoms with Crippen molar-refractivity contribution in [3.8, 4) is 0 Å². The van der Waals surface area contributed by atoms with Gasteiger partial charge in [0.2, 0.25) is 0 Å². The molecule has 0 aliphatic carbocycles. The molecule has 3 rings (SSSR count). The molecule has 1 saturated heterocycles. The van der Waals surface area contributed by atoms with E-state index in [0.29, 0.717) is 13.1 Å². The molecule has 5 heteroatoms. The smallest absolute Gasteiger partial charge is 0.410 e. The molecule has 4 nitrogen and oxygen atoms in total. The summed E-state index contributed by atoms with van der Waals surface area (Å²) in [7, 11) is 0. The topological polar surface area (TPSA) is 46.6 Å². The lowest BCUT2D eigenvalue weighted by atomic mass is 9.93. The Balaban J connectivity index is 1.72. The third kappa shape index (κ3) is 3.78. The van der Waals surface area contributed by atoms with Crippen molar-refractivity contribution in [1.29, 1.82) is 0 Å². The van der Waals surface area contributed by atoms with Crippen LogP contribution < -0.4 is 0 Å². The molecule has 0 spiro atoms. The van der Waals surface area contributed by atoms with E-state index in [4.69, 9.17) is 4.74 Å². The minimum Gasteiger partial charge on any atom is -0.444 e. The fraction of sp³-hybridized carbons (Fsp3) is 0.474. The molecule has 0 saturated carbocycles. The first-order chi connectivity index (χ1) is 11.3. The van der Waals surface area contributed by atoms with Crippen LogP contribution in [0.4, 0.5) is 4.79 Å². The Hall–Kier alpha value is -1.88. The maximum atomic E-state index is 12.9. The molecule has 1 unspecified atom stereocenters. The van der Waals surface area contributed by atoms with Gasteiger partial charge in [0, 0.05) is 23.7 Å². The lowest BCUT2D eigenvalue weighted by Gasteiger charge is -2.33. The van der Waals surface area contributed by atoms with Crippen LogP contribution in [0.3, 0.4) is 0 Å². The van der Waals surface area contributed by atoms with Gasteiger partial charge in [-0.3, -0.25) is 4.79 Å². The van der Waals surface area contributed by atoms with Crippen LogP contribution in [0.15, 0.2) is 30.3 Å². The highest BCUT2D eigenvalue weighted by atomic mass is 32.1. The third-order valence-corrected chi connectivity index (χ3v) is 5.24. The summed E-state index contributed by atoms with van der Waals surface area (Å²) in [6.07, 6.45) is 1.34. The van der Waals surface area contributed by atoms with Crippen LogP contribution in [-0.2, 0) is 4.74 Å². The molecule has 128 valence electrons. The van der Waals surface area contributed by atoms with Crippen LogP contribution in [0.25, 0.3) is 10.1 Å². The van der Waals surface area contributed by atoms with Gasteiger partial charge in [-0.05, 0) is 51.1 Å². The van der Waals surface area contributed by atoms with Crippen LogP contribution in [0.5, 0.6) is 0 Å². The fourth-order valence-corrected chi connectivity index (χ4v) is 4.07. The van der Waals surface area contributed by atoms with E-state index < -0.39 is 5.60 Å². The first-order valence-corrected chi connectivity index (χ1v) is 9.16. The molecule has 0 radical (unpaired) electrons. The number of amides is 1. The number of ketones is 1. The molecule has 1 aromatic carbocycles. The Morgan fingerprint density at radius 3 is 2.71 bits per heavy atom. The first-order valence-electron chi connectivity index (χ1n) is 8.34. The number of rotatable bonds is 2. The van der Waals surface area contributed by atoms with Gasteiger partial charge in [0.05, 0.1) is 4.88 Å². The van der Waals surface area contributed by atoms with Gasteiger partial charge < -0.3 is 9.64 Å². The molecule has 0 bridgehead atoms. The molecule has 0 N–H and O–H groups in total. The second-order valence-corrected chi connectivity index (χ2v) is 8.36. The zero-order chi connectivity index (χ0) is 17.3. The number of piperidine rings is 1. The van der Waals surface area contributed by atoms with Crippen molar-refractivity contribution in [3.63, 3.8) is 0 Å². The molecular formula is C19H23NO3S. The summed E-state index contributed by atoms with van der Waals surface area (Å²) in [5.41, 5.74) is -0.514. The second-order valence-electron chi connectivity index (χ2n) is 7.28. The van der Waals surface area contributed by atoms with Crippen LogP contribution in [0.2, 0.25) is 0 Å². The summed E-state index contributed by atoms with van der Waals surface area (Å²) < 4.78 is 6.56. The minimum absolute atomic E-state index is 0.140. The number of Topliss-reactive ketones (excluding diaryl/α,β-unsaturated/α-hetero) is 1. The standard InChI is InChI=1S/C19H23NO3S/c1-19(2,3)23-18(22)20-10-6-8-14(12-20)17(21)16-11-13-7-4-5-9-15(13)24-16/h4-5,7,9,11,14H,6,8,10,12H2,1-3H3. The summed E-state index contributed by atoms with van der Waals surface area (Å²) >= 11 is 1.53. The first kappa shape index (κ1) is 17.0. The van der Waals surface area contributed by atoms with Gasteiger partial charge in [-0.1, -0.05) is 18.2 Å². The van der Waals surface area contributed by atoms with E-state index in [9.17, 15) is 9.59 Å². The normalized spacial score (nSPS) is 18.6. The van der Waals surface area contributed by atoms with Gasteiger partial charge in [0.1, 0.15) is 5.60 Å². The van der Waals surface area contributed by atoms with E-state index >= 15 is 0 Å². The molecule has 2 heterocycles. The number of nitrogens with zero attached hydrogens (tertiary/aromatic N) is 1. The lowest BCUT2D eigenvalue weighted by molar-refractivity contribution is 0.0172. The molecular weight excluding hydrogens is 322 g/mol. The lowest BCUT2D eigenvalue weighted by Crippen LogP contribution is -2.44. The number of carbonyl (C=O) groups is 2. The number of thiophene rings is 1. The Morgan fingerprint density at radius 1 is 1.25 bits per heavy atom. The number of ether oxygens (including phenoxy) is 1. The number of fused-ring (bicyclic) bond motifs is 1. The van der Waals surface area contributed by atoms with Gasteiger partial charge in [-0.25, -0.2) is 4.79 Å². The van der Waals surface area contributed by atoms with Crippen molar-refractivity contribution in [2.45, 2.75) is 39.2 Å². The zero-order valence-corrected chi connectivity index (χ0v) is 15.2. The van der Waals surface area contributed by atoms with Crippen molar-refractivity contribution < 1.29 is 14.3 Å². The Labute approximate surface area is 146 Å². The number of likely N-dealkylation sites (tertiary alicyclic amines) is 1. The van der Waals surface area contributed by atoms with Gasteiger partial charge in [0.15, 0.2) is 5.78 Å². The molecule has 2 aromatic rings. The molecule has 1 aliphatic rings. The van der Waals surface area contributed by atoms with Crippen molar-refractivity contribution in [2.24, 2.45) is 5.92 Å². The van der Waals surface area contributed by atoms with Crippen LogP contribution in [0, 0.1) is 5.92 Å². The van der Waals surface area contributed by atoms with E-state index in [2.05, 4.69) is 0 Å². The zero-order valence-electron chi connectivity index (χ0n) is 14.4. The largest absolute Gasteiger partial charge is 0.444 e. The van der Waals surface area contributed by atoms with Crippen LogP contribution >= 0.6 is 11.3 Å². The van der Waals surface area contributed by atoms with E-state index in [1.165, 1.54) is 11.3 Å². The predicted molar refractivity (Wildman–Crippen MR) is 96.7 cm³/mol. The predicted octanol–water partition coefficient (Wildman–Crippen LogP) is 4.73. The summed E-state index contributed by atoms with van der Waals surface area (Å²) in [6, 6.07) is 9.99. The second kappa shape index (κ2) is 6.55. The monoisotopic (exact) mass is 345 g/mol. The highest BCUT2D eigenvalue weighted by molar-refractivity contribution is 7.20. The minimum atomic E-state index is -0.514. The van der Waals surface area contributed by atoms with Crippen molar-refractivity contribution >= 4 is 33.3 Å². The number of hydrogen-bond acceptors (Lipinski definition) is 4. The van der Waals surface area contributed by atoms with Gasteiger partial charge >= 0.3 is 6.09 Å². The van der Waals surface area contributed by atoms with Crippen LogP contribution in [-0.4, -0.2) is 35.5 Å². The quantitative estimate of drug-likeness (QED) is 0.739. The highest BCUT2D eigenvalue weighted by Crippen LogP contribution is 2.30. The van der Waals surface area contributed by atoms with E-state index in [0.717, 1.165) is 27.8 Å². The number of benzene rings is 1. The Kier molecular flexibility index (Phi) is 4.63. The van der Waals surface area contributed by atoms with Crippen LogP contribution in [0.1, 0.15) is 43.3 Å². The van der Waals surface area contributed by atoms with E-state index in [1.54, 1.807) is 4.90 Å². The Bertz CT molecular complexity index is 726. The van der Waals surface area contributed by atoms with E-state index in [1.807, 2.05) is 51.1 Å². The van der Waals surface area contributed by atoms with Gasteiger partial charge in [-0.2, -0.15) is 0 Å². The fourth-order valence-electron chi connectivity index (χ4n) is 2.99. The summed E-state index contributed by atoms with van der Waals surface area (Å²) in [5, 5.41) is 1.10. The third-order valence-electron chi connectivity index (χ3n) is 4.11. The van der Waals surface area contributed by atoms with Crippen molar-refractivity contribution in [1.82, 2.24) is 4.90 Å². The maximum absolute atomic E-state index is 12.9. The highest BCUT2D eigenvalue weighted by Gasteiger charge is 2.32. The molecule has 1 amide bonds. The van der Waals surface area contributed by atoms with Crippen molar-refractivity contribution in [2.75, 3.05) is 13.1 Å². The number of hydrogen-bond donors (Lipinski definition) is 0. The SMILES string of the molecule is CC(C)(C)OC(=O)N1CCCC(C(=O)c2cc3ccccc3s2)C1. The molecule has 1 fully saturated rings. The molecule has 1 aromatic heterocycles. The summed E-state index contributed by atoms with van der Waals surface area (Å²) in [6.45, 7) is 6.67. The Morgan fingerprint density at radius 2 is 2.00 bits per heavy atom. The van der Waals surface area contributed by atoms with Crippen molar-refractivity contribution in [3.05, 3.63) is 35.2 Å². The van der Waals surface area contributed by atoms with Gasteiger partial charge in [-0.15, -0.1) is 11.3 Å². The average molecular weight is 345 g/mol. The maximum Gasteiger partial charge on any atom is 0.410 e. The average Bonchev–Trinajstić information content (AvgIpc) is 2.96. The summed E-state index contributed by atoms with van der Waals surface area (Å²) in [5.74, 6) is 0.00351. The molecule has 24 heavy (non-hydrogen) atoms. The molecule has 1 atom stereocenters. The van der Waals surface area contributed by atoms with Gasteiger partial charge in [0.25, 0.3) is 0 Å². The number of carbonyl (C=O) groups excluding carboxylic acids is 2.